The Morgan fingerprint density at radius 2 is 2.00 bits per heavy atom. The third-order valence-corrected chi connectivity index (χ3v) is 3.34. The van der Waals surface area contributed by atoms with Crippen molar-refractivity contribution in [2.24, 2.45) is 17.6 Å². The summed E-state index contributed by atoms with van der Waals surface area (Å²) in [6, 6.07) is -0.670. The van der Waals surface area contributed by atoms with Gasteiger partial charge in [0.2, 0.25) is 0 Å². The molecule has 1 aliphatic carbocycles. The number of hydrogen-bond donors (Lipinski definition) is 2. The van der Waals surface area contributed by atoms with Gasteiger partial charge in [0.1, 0.15) is 0 Å². The van der Waals surface area contributed by atoms with E-state index in [2.05, 4.69) is 5.32 Å². The lowest BCUT2D eigenvalue weighted by Gasteiger charge is -2.29. The smallest absolute Gasteiger partial charge is 0.391 e. The van der Waals surface area contributed by atoms with Crippen LogP contribution in [0.3, 0.4) is 0 Å². The molecule has 0 bridgehead atoms. The highest BCUT2D eigenvalue weighted by molar-refractivity contribution is 5.72. The van der Waals surface area contributed by atoms with E-state index in [-0.39, 0.29) is 26.0 Å². The zero-order chi connectivity index (χ0) is 15.2. The van der Waals surface area contributed by atoms with Gasteiger partial charge in [-0.3, -0.25) is 4.79 Å². The number of esters is 1. The van der Waals surface area contributed by atoms with E-state index in [1.54, 1.807) is 0 Å². The highest BCUT2D eigenvalue weighted by Crippen LogP contribution is 2.40. The number of hydrogen-bond acceptors (Lipinski definition) is 3. The van der Waals surface area contributed by atoms with Gasteiger partial charge in [-0.2, -0.15) is 13.2 Å². The summed E-state index contributed by atoms with van der Waals surface area (Å²) in [6.07, 6.45) is -3.16. The molecule has 0 aromatic carbocycles. The van der Waals surface area contributed by atoms with Gasteiger partial charge in [0.05, 0.1) is 18.4 Å². The van der Waals surface area contributed by atoms with E-state index in [1.165, 1.54) is 0 Å². The SMILES string of the molecule is NC(=O)NCCCOC(=O)[C@H]1CCC[C@H](C(F)(F)F)C1. The molecule has 116 valence electrons. The van der Waals surface area contributed by atoms with Crippen LogP contribution in [0.2, 0.25) is 0 Å². The zero-order valence-corrected chi connectivity index (χ0v) is 11.0. The molecule has 0 heterocycles. The van der Waals surface area contributed by atoms with Crippen molar-refractivity contribution in [1.29, 1.82) is 0 Å². The lowest BCUT2D eigenvalue weighted by Crippen LogP contribution is -2.33. The number of amides is 2. The molecule has 20 heavy (non-hydrogen) atoms. The number of nitrogens with two attached hydrogens (primary N) is 1. The first-order valence-electron chi connectivity index (χ1n) is 6.57. The molecular weight excluding hydrogens is 277 g/mol. The topological polar surface area (TPSA) is 81.4 Å². The average Bonchev–Trinajstić information content (AvgIpc) is 2.37. The third-order valence-electron chi connectivity index (χ3n) is 3.34. The number of ether oxygens (including phenoxy) is 1. The summed E-state index contributed by atoms with van der Waals surface area (Å²) in [5.74, 6) is -2.68. The van der Waals surface area contributed by atoms with E-state index in [1.807, 2.05) is 0 Å². The first-order valence-corrected chi connectivity index (χ1v) is 6.57. The molecule has 8 heteroatoms. The van der Waals surface area contributed by atoms with Crippen LogP contribution in [0.5, 0.6) is 0 Å². The molecule has 1 fully saturated rings. The van der Waals surface area contributed by atoms with Crippen molar-refractivity contribution in [3.63, 3.8) is 0 Å². The van der Waals surface area contributed by atoms with Crippen LogP contribution >= 0.6 is 0 Å². The third kappa shape index (κ3) is 5.66. The Balaban J connectivity index is 2.27. The molecule has 0 unspecified atom stereocenters. The zero-order valence-electron chi connectivity index (χ0n) is 11.0. The summed E-state index contributed by atoms with van der Waals surface area (Å²) in [5, 5.41) is 2.32. The van der Waals surface area contributed by atoms with Gasteiger partial charge in [-0.1, -0.05) is 6.42 Å². The van der Waals surface area contributed by atoms with Gasteiger partial charge in [-0.05, 0) is 25.7 Å². The van der Waals surface area contributed by atoms with Crippen LogP contribution in [-0.4, -0.2) is 31.3 Å². The van der Waals surface area contributed by atoms with Crippen LogP contribution in [0.25, 0.3) is 0 Å². The Morgan fingerprint density at radius 1 is 1.30 bits per heavy atom. The van der Waals surface area contributed by atoms with Gasteiger partial charge in [0.25, 0.3) is 0 Å². The van der Waals surface area contributed by atoms with Crippen LogP contribution in [-0.2, 0) is 9.53 Å². The van der Waals surface area contributed by atoms with Crippen LogP contribution in [0, 0.1) is 11.8 Å². The molecule has 1 rings (SSSR count). The summed E-state index contributed by atoms with van der Waals surface area (Å²) in [7, 11) is 0. The average molecular weight is 296 g/mol. The fourth-order valence-electron chi connectivity index (χ4n) is 2.28. The maximum atomic E-state index is 12.6. The van der Waals surface area contributed by atoms with Gasteiger partial charge in [-0.15, -0.1) is 0 Å². The Morgan fingerprint density at radius 3 is 2.60 bits per heavy atom. The molecule has 2 amide bonds. The minimum atomic E-state index is -4.25. The van der Waals surface area contributed by atoms with Crippen molar-refractivity contribution in [3.05, 3.63) is 0 Å². The summed E-state index contributed by atoms with van der Waals surface area (Å²) < 4.78 is 42.7. The predicted molar refractivity (Wildman–Crippen MR) is 64.7 cm³/mol. The normalized spacial score (nSPS) is 23.1. The number of nitrogens with one attached hydrogen (secondary N) is 1. The number of carbonyl (C=O) groups is 2. The maximum Gasteiger partial charge on any atom is 0.391 e. The van der Waals surface area contributed by atoms with Gasteiger partial charge in [0, 0.05) is 6.54 Å². The molecule has 1 saturated carbocycles. The second kappa shape index (κ2) is 7.35. The predicted octanol–water partition coefficient (Wildman–Crippen LogP) is 1.96. The Kier molecular flexibility index (Phi) is 6.09. The Bertz CT molecular complexity index is 347. The largest absolute Gasteiger partial charge is 0.465 e. The van der Waals surface area contributed by atoms with E-state index >= 15 is 0 Å². The highest BCUT2D eigenvalue weighted by Gasteiger charge is 2.43. The van der Waals surface area contributed by atoms with Crippen molar-refractivity contribution in [2.45, 2.75) is 38.3 Å². The monoisotopic (exact) mass is 296 g/mol. The summed E-state index contributed by atoms with van der Waals surface area (Å²) in [4.78, 5) is 22.0. The second-order valence-corrected chi connectivity index (χ2v) is 4.91. The standard InChI is InChI=1S/C12H19F3N2O3/c13-12(14,15)9-4-1-3-8(7-9)10(18)20-6-2-5-17-11(16)19/h8-9H,1-7H2,(H3,16,17,19)/t8-,9-/m0/s1. The molecule has 1 aliphatic rings. The molecular formula is C12H19F3N2O3. The van der Waals surface area contributed by atoms with Gasteiger partial charge in [0.15, 0.2) is 0 Å². The van der Waals surface area contributed by atoms with E-state index in [4.69, 9.17) is 10.5 Å². The Labute approximate surface area is 115 Å². The van der Waals surface area contributed by atoms with Crippen molar-refractivity contribution < 1.29 is 27.5 Å². The number of carbonyl (C=O) groups excluding carboxylic acids is 2. The van der Waals surface area contributed by atoms with Crippen molar-refractivity contribution in [1.82, 2.24) is 5.32 Å². The quantitative estimate of drug-likeness (QED) is 0.601. The van der Waals surface area contributed by atoms with Crippen LogP contribution in [0.1, 0.15) is 32.1 Å². The highest BCUT2D eigenvalue weighted by atomic mass is 19.4. The van der Waals surface area contributed by atoms with Gasteiger partial charge < -0.3 is 15.8 Å². The van der Waals surface area contributed by atoms with Gasteiger partial charge >= 0.3 is 18.2 Å². The van der Waals surface area contributed by atoms with E-state index in [0.717, 1.165) is 0 Å². The lowest BCUT2D eigenvalue weighted by atomic mass is 9.81. The second-order valence-electron chi connectivity index (χ2n) is 4.91. The molecule has 0 aromatic heterocycles. The van der Waals surface area contributed by atoms with Crippen molar-refractivity contribution in [3.8, 4) is 0 Å². The fourth-order valence-corrected chi connectivity index (χ4v) is 2.28. The van der Waals surface area contributed by atoms with Crippen LogP contribution < -0.4 is 11.1 Å². The molecule has 0 spiro atoms. The number of alkyl halides is 3. The lowest BCUT2D eigenvalue weighted by molar-refractivity contribution is -0.189. The first kappa shape index (κ1) is 16.6. The number of rotatable bonds is 5. The molecule has 5 nitrogen and oxygen atoms in total. The summed E-state index contributed by atoms with van der Waals surface area (Å²) in [5.41, 5.74) is 4.84. The van der Waals surface area contributed by atoms with Crippen LogP contribution in [0.4, 0.5) is 18.0 Å². The maximum absolute atomic E-state index is 12.6. The molecule has 0 aliphatic heterocycles. The minimum absolute atomic E-state index is 0.0618. The molecule has 3 N–H and O–H groups in total. The first-order chi connectivity index (χ1) is 9.30. The minimum Gasteiger partial charge on any atom is -0.465 e. The molecule has 0 saturated heterocycles. The molecule has 0 aromatic rings. The van der Waals surface area contributed by atoms with E-state index in [9.17, 15) is 22.8 Å². The Hall–Kier alpha value is -1.47. The molecule has 0 radical (unpaired) electrons. The van der Waals surface area contributed by atoms with Crippen molar-refractivity contribution in [2.75, 3.05) is 13.2 Å². The van der Waals surface area contributed by atoms with E-state index < -0.39 is 30.0 Å². The van der Waals surface area contributed by atoms with Gasteiger partial charge in [-0.25, -0.2) is 4.79 Å². The summed E-state index contributed by atoms with van der Waals surface area (Å²) >= 11 is 0. The van der Waals surface area contributed by atoms with Crippen molar-refractivity contribution >= 4 is 12.0 Å². The number of primary amides is 1. The van der Waals surface area contributed by atoms with E-state index in [0.29, 0.717) is 19.3 Å². The summed E-state index contributed by atoms with van der Waals surface area (Å²) in [6.45, 7) is 0.324. The van der Waals surface area contributed by atoms with Crippen LogP contribution in [0.15, 0.2) is 0 Å². The molecule has 2 atom stereocenters. The number of urea groups is 1. The number of halogens is 3. The fraction of sp³-hybridized carbons (Fsp3) is 0.833.